The van der Waals surface area contributed by atoms with Crippen molar-refractivity contribution < 1.29 is 0 Å². The van der Waals surface area contributed by atoms with Crippen LogP contribution in [-0.4, -0.2) is 0 Å². The van der Waals surface area contributed by atoms with Gasteiger partial charge in [-0.15, -0.1) is 0 Å². The molecule has 1 aromatic rings. The van der Waals surface area contributed by atoms with E-state index in [-0.39, 0.29) is 0 Å². The van der Waals surface area contributed by atoms with E-state index in [0.717, 1.165) is 5.75 Å². The van der Waals surface area contributed by atoms with Crippen LogP contribution in [0.25, 0.3) is 0 Å². The predicted molar refractivity (Wildman–Crippen MR) is 65.6 cm³/mol. The van der Waals surface area contributed by atoms with Gasteiger partial charge in [-0.3, -0.25) is 0 Å². The monoisotopic (exact) mass is 207 g/mol. The van der Waals surface area contributed by atoms with E-state index in [4.69, 9.17) is 12.6 Å². The molecule has 0 aliphatic rings. The largest absolute Gasteiger partial charge is 0.0890 e. The van der Waals surface area contributed by atoms with Crippen LogP contribution in [0, 0.1) is 0 Å². The fraction of sp³-hybridized carbons (Fsp3) is 0.538. The molecule has 1 aromatic carbocycles. The van der Waals surface area contributed by atoms with Crippen LogP contribution in [0.15, 0.2) is 24.3 Å². The van der Waals surface area contributed by atoms with E-state index in [0.29, 0.717) is 0 Å². The van der Waals surface area contributed by atoms with E-state index < -0.39 is 0 Å². The standard InChI is InChI=1S/C13H19S/c1-2-3-4-5-6-12-7-9-13(11-14)10-8-12/h7-10H,2-6,11H2,1H3. The molecular weight excluding hydrogens is 188 g/mol. The van der Waals surface area contributed by atoms with Gasteiger partial charge in [0.25, 0.3) is 0 Å². The minimum absolute atomic E-state index is 0.732. The second-order valence-electron chi connectivity index (χ2n) is 3.77. The van der Waals surface area contributed by atoms with Crippen LogP contribution in [0.2, 0.25) is 0 Å². The van der Waals surface area contributed by atoms with Gasteiger partial charge in [0.15, 0.2) is 0 Å². The van der Waals surface area contributed by atoms with E-state index in [1.807, 2.05) is 0 Å². The third-order valence-electron chi connectivity index (χ3n) is 2.51. The van der Waals surface area contributed by atoms with Crippen molar-refractivity contribution >= 4 is 12.6 Å². The highest BCUT2D eigenvalue weighted by atomic mass is 32.1. The normalized spacial score (nSPS) is 10.4. The highest BCUT2D eigenvalue weighted by Crippen LogP contribution is 2.10. The van der Waals surface area contributed by atoms with E-state index in [1.165, 1.54) is 43.2 Å². The summed E-state index contributed by atoms with van der Waals surface area (Å²) in [4.78, 5) is 0. The summed E-state index contributed by atoms with van der Waals surface area (Å²) in [5.74, 6) is 0.732. The van der Waals surface area contributed by atoms with Gasteiger partial charge in [0, 0.05) is 5.75 Å². The lowest BCUT2D eigenvalue weighted by Crippen LogP contribution is -1.86. The molecule has 0 aliphatic carbocycles. The van der Waals surface area contributed by atoms with Gasteiger partial charge in [0.05, 0.1) is 0 Å². The Morgan fingerprint density at radius 1 is 0.929 bits per heavy atom. The van der Waals surface area contributed by atoms with Crippen LogP contribution in [-0.2, 0) is 12.2 Å². The van der Waals surface area contributed by atoms with E-state index in [1.54, 1.807) is 0 Å². The van der Waals surface area contributed by atoms with Crippen molar-refractivity contribution in [2.45, 2.75) is 44.8 Å². The lowest BCUT2D eigenvalue weighted by atomic mass is 10.1. The highest BCUT2D eigenvalue weighted by Gasteiger charge is 1.94. The molecule has 0 aromatic heterocycles. The predicted octanol–water partition coefficient (Wildman–Crippen LogP) is 4.51. The Morgan fingerprint density at radius 3 is 2.14 bits per heavy atom. The van der Waals surface area contributed by atoms with Crippen molar-refractivity contribution in [3.63, 3.8) is 0 Å². The summed E-state index contributed by atoms with van der Waals surface area (Å²) < 4.78 is 0. The van der Waals surface area contributed by atoms with Gasteiger partial charge in [0.2, 0.25) is 0 Å². The first-order valence-electron chi connectivity index (χ1n) is 5.52. The summed E-state index contributed by atoms with van der Waals surface area (Å²) in [6.07, 6.45) is 6.58. The minimum atomic E-state index is 0.732. The molecule has 0 N–H and O–H groups in total. The summed E-state index contributed by atoms with van der Waals surface area (Å²) in [5.41, 5.74) is 2.71. The van der Waals surface area contributed by atoms with Crippen molar-refractivity contribution in [3.05, 3.63) is 35.4 Å². The Kier molecular flexibility index (Phi) is 5.77. The number of unbranched alkanes of at least 4 members (excludes halogenated alkanes) is 3. The molecule has 0 atom stereocenters. The number of benzene rings is 1. The zero-order valence-corrected chi connectivity index (χ0v) is 9.78. The molecule has 0 amide bonds. The first-order chi connectivity index (χ1) is 6.86. The number of rotatable bonds is 6. The third-order valence-corrected chi connectivity index (χ3v) is 2.84. The molecule has 0 saturated carbocycles. The maximum Gasteiger partial charge on any atom is 0.0288 e. The Hall–Kier alpha value is -0.430. The van der Waals surface area contributed by atoms with Gasteiger partial charge in [-0.05, 0) is 24.0 Å². The smallest absolute Gasteiger partial charge is 0.0288 e. The SMILES string of the molecule is CCCCCCc1ccc(C[S])cc1. The van der Waals surface area contributed by atoms with Crippen molar-refractivity contribution in [2.24, 2.45) is 0 Å². The van der Waals surface area contributed by atoms with Crippen LogP contribution in [0.4, 0.5) is 0 Å². The van der Waals surface area contributed by atoms with Crippen LogP contribution >= 0.6 is 12.6 Å². The summed E-state index contributed by atoms with van der Waals surface area (Å²) in [7, 11) is 0. The number of hydrogen-bond acceptors (Lipinski definition) is 0. The molecule has 0 heterocycles. The Labute approximate surface area is 93.1 Å². The highest BCUT2D eigenvalue weighted by molar-refractivity contribution is 7.79. The van der Waals surface area contributed by atoms with Crippen LogP contribution in [0.1, 0.15) is 43.7 Å². The van der Waals surface area contributed by atoms with Gasteiger partial charge in [0.1, 0.15) is 0 Å². The Morgan fingerprint density at radius 2 is 1.57 bits per heavy atom. The van der Waals surface area contributed by atoms with Crippen LogP contribution < -0.4 is 0 Å². The molecule has 0 aliphatic heterocycles. The van der Waals surface area contributed by atoms with E-state index in [2.05, 4.69) is 31.2 Å². The molecule has 1 rings (SSSR count). The Bertz CT molecular complexity index is 238. The fourth-order valence-corrected chi connectivity index (χ4v) is 1.75. The lowest BCUT2D eigenvalue weighted by molar-refractivity contribution is 0.667. The van der Waals surface area contributed by atoms with Crippen molar-refractivity contribution in [1.29, 1.82) is 0 Å². The summed E-state index contributed by atoms with van der Waals surface area (Å²) >= 11 is 4.98. The number of hydrogen-bond donors (Lipinski definition) is 0. The molecule has 0 unspecified atom stereocenters. The molecule has 0 spiro atoms. The second-order valence-corrected chi connectivity index (χ2v) is 4.06. The van der Waals surface area contributed by atoms with Crippen LogP contribution in [0.3, 0.4) is 0 Å². The van der Waals surface area contributed by atoms with Crippen molar-refractivity contribution in [1.82, 2.24) is 0 Å². The minimum Gasteiger partial charge on any atom is -0.0890 e. The number of aryl methyl sites for hydroxylation is 1. The van der Waals surface area contributed by atoms with Crippen LogP contribution in [0.5, 0.6) is 0 Å². The average Bonchev–Trinajstić information content (AvgIpc) is 2.25. The molecule has 1 radical (unpaired) electrons. The molecule has 14 heavy (non-hydrogen) atoms. The molecule has 0 bridgehead atoms. The van der Waals surface area contributed by atoms with Gasteiger partial charge >= 0.3 is 0 Å². The zero-order chi connectivity index (χ0) is 10.2. The summed E-state index contributed by atoms with van der Waals surface area (Å²) in [6.45, 7) is 2.25. The fourth-order valence-electron chi connectivity index (χ4n) is 1.56. The maximum atomic E-state index is 4.98. The van der Waals surface area contributed by atoms with E-state index in [9.17, 15) is 0 Å². The topological polar surface area (TPSA) is 0 Å². The first-order valence-corrected chi connectivity index (χ1v) is 6.10. The maximum absolute atomic E-state index is 4.98. The van der Waals surface area contributed by atoms with Gasteiger partial charge in [-0.1, -0.05) is 63.1 Å². The zero-order valence-electron chi connectivity index (χ0n) is 8.96. The molecular formula is C13H19S. The third kappa shape index (κ3) is 4.19. The molecule has 1 heteroatoms. The van der Waals surface area contributed by atoms with Gasteiger partial charge in [-0.2, -0.15) is 0 Å². The van der Waals surface area contributed by atoms with E-state index >= 15 is 0 Å². The molecule has 0 nitrogen and oxygen atoms in total. The Balaban J connectivity index is 2.29. The van der Waals surface area contributed by atoms with Crippen molar-refractivity contribution in [2.75, 3.05) is 0 Å². The lowest BCUT2D eigenvalue weighted by Gasteiger charge is -2.02. The first kappa shape index (κ1) is 11.6. The second kappa shape index (κ2) is 6.94. The van der Waals surface area contributed by atoms with Crippen molar-refractivity contribution in [3.8, 4) is 0 Å². The summed E-state index contributed by atoms with van der Waals surface area (Å²) in [5, 5.41) is 0. The van der Waals surface area contributed by atoms with Gasteiger partial charge in [-0.25, -0.2) is 0 Å². The quantitative estimate of drug-likeness (QED) is 0.602. The van der Waals surface area contributed by atoms with Gasteiger partial charge < -0.3 is 0 Å². The molecule has 0 saturated heterocycles. The average molecular weight is 207 g/mol. The molecule has 77 valence electrons. The summed E-state index contributed by atoms with van der Waals surface area (Å²) in [6, 6.07) is 8.74. The molecule has 0 fully saturated rings.